The van der Waals surface area contributed by atoms with Crippen molar-refractivity contribution in [3.8, 4) is 0 Å². The Hall–Kier alpha value is -1.51. The van der Waals surface area contributed by atoms with Gasteiger partial charge in [0.2, 0.25) is 5.91 Å². The van der Waals surface area contributed by atoms with Crippen LogP contribution in [-0.2, 0) is 4.79 Å². The lowest BCUT2D eigenvalue weighted by Crippen LogP contribution is -2.41. The molecule has 0 saturated heterocycles. The number of hydrogen-bond donors (Lipinski definition) is 2. The fraction of sp³-hybridized carbons (Fsp3) is 0.588. The molecule has 2 N–H and O–H groups in total. The van der Waals surface area contributed by atoms with Crippen molar-refractivity contribution < 1.29 is 4.79 Å². The van der Waals surface area contributed by atoms with E-state index in [-0.39, 0.29) is 11.8 Å². The molecule has 3 heteroatoms. The molecule has 0 bridgehead atoms. The van der Waals surface area contributed by atoms with Gasteiger partial charge in [0.25, 0.3) is 0 Å². The molecule has 1 fully saturated rings. The lowest BCUT2D eigenvalue weighted by molar-refractivity contribution is -0.123. The van der Waals surface area contributed by atoms with Crippen LogP contribution in [0.5, 0.6) is 0 Å². The maximum absolute atomic E-state index is 12.6. The van der Waals surface area contributed by atoms with E-state index in [9.17, 15) is 4.79 Å². The first-order valence-corrected chi connectivity index (χ1v) is 7.87. The number of anilines is 1. The second-order valence-electron chi connectivity index (χ2n) is 6.32. The highest BCUT2D eigenvalue weighted by Crippen LogP contribution is 2.32. The highest BCUT2D eigenvalue weighted by molar-refractivity contribution is 5.86. The van der Waals surface area contributed by atoms with Crippen molar-refractivity contribution in [3.63, 3.8) is 0 Å². The standard InChI is InChI=1S/C17H24N2O/c1-12-6-8-13(9-7-12)19-17(20)15-10-11-18-16-5-3-2-4-14(15)16/h2-5,12-13,15,18H,6-11H2,1H3,(H,19,20). The summed E-state index contributed by atoms with van der Waals surface area (Å²) in [6.07, 6.45) is 5.66. The molecule has 0 aromatic heterocycles. The van der Waals surface area contributed by atoms with Crippen LogP contribution in [-0.4, -0.2) is 18.5 Å². The SMILES string of the molecule is CC1CCC(NC(=O)C2CCNc3ccccc32)CC1. The van der Waals surface area contributed by atoms with E-state index in [2.05, 4.69) is 29.7 Å². The molecular formula is C17H24N2O. The van der Waals surface area contributed by atoms with Crippen LogP contribution >= 0.6 is 0 Å². The molecule has 3 rings (SSSR count). The normalized spacial score (nSPS) is 29.1. The van der Waals surface area contributed by atoms with Crippen molar-refractivity contribution in [3.05, 3.63) is 29.8 Å². The summed E-state index contributed by atoms with van der Waals surface area (Å²) in [6.45, 7) is 3.19. The quantitative estimate of drug-likeness (QED) is 0.867. The number of hydrogen-bond acceptors (Lipinski definition) is 2. The van der Waals surface area contributed by atoms with Gasteiger partial charge in [-0.1, -0.05) is 25.1 Å². The first kappa shape index (κ1) is 13.5. The highest BCUT2D eigenvalue weighted by atomic mass is 16.1. The van der Waals surface area contributed by atoms with Crippen LogP contribution < -0.4 is 10.6 Å². The summed E-state index contributed by atoms with van der Waals surface area (Å²) in [7, 11) is 0. The van der Waals surface area contributed by atoms with Gasteiger partial charge in [-0.05, 0) is 49.7 Å². The number of amides is 1. The zero-order valence-electron chi connectivity index (χ0n) is 12.2. The van der Waals surface area contributed by atoms with Crippen LogP contribution in [0.3, 0.4) is 0 Å². The van der Waals surface area contributed by atoms with Crippen LogP contribution in [0, 0.1) is 5.92 Å². The smallest absolute Gasteiger partial charge is 0.227 e. The number of nitrogens with one attached hydrogen (secondary N) is 2. The van der Waals surface area contributed by atoms with E-state index in [4.69, 9.17) is 0 Å². The van der Waals surface area contributed by atoms with E-state index in [1.165, 1.54) is 12.8 Å². The average molecular weight is 272 g/mol. The summed E-state index contributed by atoms with van der Waals surface area (Å²) in [4.78, 5) is 12.6. The van der Waals surface area contributed by atoms with Crippen molar-refractivity contribution in [1.29, 1.82) is 0 Å². The van der Waals surface area contributed by atoms with Gasteiger partial charge in [0.15, 0.2) is 0 Å². The molecule has 1 amide bonds. The molecule has 1 heterocycles. The van der Waals surface area contributed by atoms with Crippen molar-refractivity contribution in [2.24, 2.45) is 5.92 Å². The number of carbonyl (C=O) groups is 1. The molecule has 1 aromatic rings. The first-order chi connectivity index (χ1) is 9.74. The molecule has 1 aliphatic carbocycles. The Morgan fingerprint density at radius 3 is 2.70 bits per heavy atom. The Balaban J connectivity index is 1.66. The fourth-order valence-electron chi connectivity index (χ4n) is 3.45. The topological polar surface area (TPSA) is 41.1 Å². The van der Waals surface area contributed by atoms with Crippen LogP contribution in [0.25, 0.3) is 0 Å². The molecule has 1 aromatic carbocycles. The van der Waals surface area contributed by atoms with E-state index >= 15 is 0 Å². The summed E-state index contributed by atoms with van der Waals surface area (Å²) in [5.74, 6) is 1.06. The van der Waals surface area contributed by atoms with Gasteiger partial charge >= 0.3 is 0 Å². The summed E-state index contributed by atoms with van der Waals surface area (Å²) in [5, 5.41) is 6.66. The van der Waals surface area contributed by atoms with Crippen LogP contribution in [0.4, 0.5) is 5.69 Å². The number of fused-ring (bicyclic) bond motifs is 1. The molecule has 2 aliphatic rings. The molecule has 1 unspecified atom stereocenters. The van der Waals surface area contributed by atoms with Gasteiger partial charge in [0.05, 0.1) is 5.92 Å². The number of rotatable bonds is 2. The Kier molecular flexibility index (Phi) is 3.95. The second-order valence-corrected chi connectivity index (χ2v) is 6.32. The minimum absolute atomic E-state index is 0.0202. The molecule has 0 spiro atoms. The third-order valence-electron chi connectivity index (χ3n) is 4.76. The third-order valence-corrected chi connectivity index (χ3v) is 4.76. The van der Waals surface area contributed by atoms with Gasteiger partial charge < -0.3 is 10.6 Å². The van der Waals surface area contributed by atoms with Gasteiger partial charge in [0.1, 0.15) is 0 Å². The predicted molar refractivity (Wildman–Crippen MR) is 81.9 cm³/mol. The summed E-state index contributed by atoms with van der Waals surface area (Å²) < 4.78 is 0. The van der Waals surface area contributed by atoms with E-state index in [1.807, 2.05) is 12.1 Å². The zero-order chi connectivity index (χ0) is 13.9. The minimum atomic E-state index is 0.0202. The molecule has 1 aliphatic heterocycles. The maximum atomic E-state index is 12.6. The first-order valence-electron chi connectivity index (χ1n) is 7.87. The van der Waals surface area contributed by atoms with E-state index in [0.717, 1.165) is 43.0 Å². The van der Waals surface area contributed by atoms with Crippen LogP contribution in [0.15, 0.2) is 24.3 Å². The lowest BCUT2D eigenvalue weighted by Gasteiger charge is -2.30. The maximum Gasteiger partial charge on any atom is 0.227 e. The van der Waals surface area contributed by atoms with Crippen molar-refractivity contribution >= 4 is 11.6 Å². The Morgan fingerprint density at radius 2 is 1.90 bits per heavy atom. The number of para-hydroxylation sites is 1. The van der Waals surface area contributed by atoms with Gasteiger partial charge in [-0.3, -0.25) is 4.79 Å². The van der Waals surface area contributed by atoms with Gasteiger partial charge in [-0.2, -0.15) is 0 Å². The summed E-state index contributed by atoms with van der Waals surface area (Å²) in [5.41, 5.74) is 2.27. The minimum Gasteiger partial charge on any atom is -0.385 e. The van der Waals surface area contributed by atoms with Crippen molar-refractivity contribution in [2.75, 3.05) is 11.9 Å². The predicted octanol–water partition coefficient (Wildman–Crippen LogP) is 3.28. The fourth-order valence-corrected chi connectivity index (χ4v) is 3.45. The van der Waals surface area contributed by atoms with E-state index in [0.29, 0.717) is 6.04 Å². The van der Waals surface area contributed by atoms with Crippen molar-refractivity contribution in [2.45, 2.75) is 51.0 Å². The monoisotopic (exact) mass is 272 g/mol. The molecular weight excluding hydrogens is 248 g/mol. The van der Waals surface area contributed by atoms with Gasteiger partial charge in [-0.25, -0.2) is 0 Å². The van der Waals surface area contributed by atoms with Crippen LogP contribution in [0.2, 0.25) is 0 Å². The van der Waals surface area contributed by atoms with Gasteiger partial charge in [-0.15, -0.1) is 0 Å². The summed E-state index contributed by atoms with van der Waals surface area (Å²) in [6, 6.07) is 8.58. The Morgan fingerprint density at radius 1 is 1.15 bits per heavy atom. The van der Waals surface area contributed by atoms with Crippen LogP contribution in [0.1, 0.15) is 50.5 Å². The van der Waals surface area contributed by atoms with Gasteiger partial charge in [0, 0.05) is 18.3 Å². The van der Waals surface area contributed by atoms with E-state index in [1.54, 1.807) is 0 Å². The third kappa shape index (κ3) is 2.82. The summed E-state index contributed by atoms with van der Waals surface area (Å²) >= 11 is 0. The van der Waals surface area contributed by atoms with E-state index < -0.39 is 0 Å². The average Bonchev–Trinajstić information content (AvgIpc) is 2.49. The molecule has 0 radical (unpaired) electrons. The molecule has 1 saturated carbocycles. The molecule has 3 nitrogen and oxygen atoms in total. The number of carbonyl (C=O) groups excluding carboxylic acids is 1. The highest BCUT2D eigenvalue weighted by Gasteiger charge is 2.28. The Labute approximate surface area is 121 Å². The lowest BCUT2D eigenvalue weighted by atomic mass is 9.86. The second kappa shape index (κ2) is 5.86. The Bertz CT molecular complexity index is 478. The zero-order valence-corrected chi connectivity index (χ0v) is 12.2. The number of benzene rings is 1. The molecule has 20 heavy (non-hydrogen) atoms. The largest absolute Gasteiger partial charge is 0.385 e. The molecule has 1 atom stereocenters. The molecule has 108 valence electrons. The van der Waals surface area contributed by atoms with Crippen molar-refractivity contribution in [1.82, 2.24) is 5.32 Å².